The molecule has 0 radical (unpaired) electrons. The van der Waals surface area contributed by atoms with Crippen molar-refractivity contribution in [1.29, 1.82) is 0 Å². The minimum atomic E-state index is -0.0494. The Labute approximate surface area is 139 Å². The van der Waals surface area contributed by atoms with Gasteiger partial charge in [0.1, 0.15) is 0 Å². The minimum Gasteiger partial charge on any atom is -0.454 e. The highest BCUT2D eigenvalue weighted by molar-refractivity contribution is 5.95. The van der Waals surface area contributed by atoms with Gasteiger partial charge in [-0.25, -0.2) is 4.98 Å². The Kier molecular flexibility index (Phi) is 3.65. The second kappa shape index (κ2) is 5.83. The van der Waals surface area contributed by atoms with E-state index in [1.54, 1.807) is 31.6 Å². The van der Waals surface area contributed by atoms with E-state index in [-0.39, 0.29) is 18.7 Å². The quantitative estimate of drug-likeness (QED) is 0.851. The first-order chi connectivity index (χ1) is 11.7. The van der Waals surface area contributed by atoms with Crippen LogP contribution in [0.3, 0.4) is 0 Å². The molecule has 0 fully saturated rings. The zero-order valence-corrected chi connectivity index (χ0v) is 13.7. The molecule has 1 aromatic carbocycles. The topological polar surface area (TPSA) is 65.8 Å². The molecule has 0 unspecified atom stereocenters. The predicted molar refractivity (Wildman–Crippen MR) is 85.0 cm³/mol. The van der Waals surface area contributed by atoms with E-state index in [1.807, 2.05) is 16.5 Å². The van der Waals surface area contributed by atoms with Crippen molar-refractivity contribution in [1.82, 2.24) is 14.5 Å². The van der Waals surface area contributed by atoms with Crippen molar-refractivity contribution in [2.24, 2.45) is 7.05 Å². The molecule has 1 atom stereocenters. The van der Waals surface area contributed by atoms with Crippen LogP contribution in [-0.2, 0) is 24.8 Å². The van der Waals surface area contributed by atoms with E-state index in [0.717, 1.165) is 17.8 Å². The van der Waals surface area contributed by atoms with Crippen molar-refractivity contribution in [2.45, 2.75) is 19.0 Å². The largest absolute Gasteiger partial charge is 0.454 e. The molecule has 2 aromatic rings. The predicted octanol–water partition coefficient (Wildman–Crippen LogP) is 1.36. The average molecular weight is 329 g/mol. The molecule has 7 heteroatoms. The summed E-state index contributed by atoms with van der Waals surface area (Å²) >= 11 is 0. The Bertz CT molecular complexity index is 786. The van der Waals surface area contributed by atoms with Crippen LogP contribution in [0.25, 0.3) is 0 Å². The molecule has 7 nitrogen and oxygen atoms in total. The second-order valence-corrected chi connectivity index (χ2v) is 6.06. The number of carbonyl (C=O) groups excluding carboxylic acids is 1. The monoisotopic (exact) mass is 329 g/mol. The number of aryl methyl sites for hydroxylation is 1. The lowest BCUT2D eigenvalue weighted by Crippen LogP contribution is -2.47. The van der Waals surface area contributed by atoms with Crippen molar-refractivity contribution in [3.05, 3.63) is 41.5 Å². The third kappa shape index (κ3) is 2.41. The zero-order chi connectivity index (χ0) is 16.7. The Balaban J connectivity index is 1.64. The molecule has 0 saturated heterocycles. The van der Waals surface area contributed by atoms with Crippen LogP contribution in [0.1, 0.15) is 21.7 Å². The summed E-state index contributed by atoms with van der Waals surface area (Å²) < 4.78 is 18.0. The Hall–Kier alpha value is -2.54. The average Bonchev–Trinajstić information content (AvgIpc) is 3.20. The first kappa shape index (κ1) is 15.0. The van der Waals surface area contributed by atoms with E-state index in [9.17, 15) is 4.79 Å². The first-order valence-electron chi connectivity index (χ1n) is 7.86. The zero-order valence-electron chi connectivity index (χ0n) is 13.7. The Morgan fingerprint density at radius 3 is 3.04 bits per heavy atom. The second-order valence-electron chi connectivity index (χ2n) is 6.06. The van der Waals surface area contributed by atoms with Crippen LogP contribution in [0.4, 0.5) is 0 Å². The number of imidazole rings is 1. The van der Waals surface area contributed by atoms with Gasteiger partial charge in [-0.3, -0.25) is 4.79 Å². The highest BCUT2D eigenvalue weighted by Crippen LogP contribution is 2.33. The van der Waals surface area contributed by atoms with Gasteiger partial charge in [0.15, 0.2) is 11.5 Å². The molecule has 0 saturated carbocycles. The number of ether oxygens (including phenoxy) is 3. The normalized spacial score (nSPS) is 18.6. The molecule has 0 aliphatic carbocycles. The van der Waals surface area contributed by atoms with Crippen LogP contribution in [0, 0.1) is 0 Å². The summed E-state index contributed by atoms with van der Waals surface area (Å²) in [5.41, 5.74) is 2.69. The van der Waals surface area contributed by atoms with Gasteiger partial charge >= 0.3 is 0 Å². The molecule has 4 rings (SSSR count). The van der Waals surface area contributed by atoms with Gasteiger partial charge in [0.25, 0.3) is 5.91 Å². The van der Waals surface area contributed by atoms with Crippen LogP contribution < -0.4 is 9.47 Å². The first-order valence-corrected chi connectivity index (χ1v) is 7.86. The SMILES string of the molecule is COC[C@@H]1Cc2c(ncn2C)CN1C(=O)c1ccc2c(c1)OCO2. The number of rotatable bonds is 3. The third-order valence-electron chi connectivity index (χ3n) is 4.57. The summed E-state index contributed by atoms with van der Waals surface area (Å²) in [6.07, 6.45) is 2.53. The fourth-order valence-corrected chi connectivity index (χ4v) is 3.30. The minimum absolute atomic E-state index is 0.0178. The summed E-state index contributed by atoms with van der Waals surface area (Å²) in [4.78, 5) is 19.3. The van der Waals surface area contributed by atoms with E-state index in [4.69, 9.17) is 14.2 Å². The molecule has 24 heavy (non-hydrogen) atoms. The van der Waals surface area contributed by atoms with E-state index < -0.39 is 0 Å². The number of hydrogen-bond acceptors (Lipinski definition) is 5. The lowest BCUT2D eigenvalue weighted by molar-refractivity contribution is 0.0467. The van der Waals surface area contributed by atoms with Crippen molar-refractivity contribution in [3.8, 4) is 11.5 Å². The summed E-state index contributed by atoms with van der Waals surface area (Å²) in [7, 11) is 3.63. The fourth-order valence-electron chi connectivity index (χ4n) is 3.30. The molecule has 3 heterocycles. The molecule has 0 bridgehead atoms. The highest BCUT2D eigenvalue weighted by Gasteiger charge is 2.33. The van der Waals surface area contributed by atoms with E-state index in [0.29, 0.717) is 30.2 Å². The standard InChI is InChI=1S/C17H19N3O4/c1-19-9-18-13-7-20(12(8-22-2)6-14(13)19)17(21)11-3-4-15-16(5-11)24-10-23-15/h3-5,9,12H,6-8,10H2,1-2H3/t12-/m0/s1. The molecule has 0 N–H and O–H groups in total. The van der Waals surface area contributed by atoms with Crippen molar-refractivity contribution in [2.75, 3.05) is 20.5 Å². The fraction of sp³-hybridized carbons (Fsp3) is 0.412. The van der Waals surface area contributed by atoms with Crippen molar-refractivity contribution >= 4 is 5.91 Å². The number of fused-ring (bicyclic) bond motifs is 2. The molecule has 126 valence electrons. The third-order valence-corrected chi connectivity index (χ3v) is 4.57. The summed E-state index contributed by atoms with van der Waals surface area (Å²) in [6.45, 7) is 1.17. The smallest absolute Gasteiger partial charge is 0.254 e. The molecule has 1 amide bonds. The van der Waals surface area contributed by atoms with Crippen LogP contribution in [0.2, 0.25) is 0 Å². The summed E-state index contributed by atoms with van der Waals surface area (Å²) in [6, 6.07) is 5.27. The highest BCUT2D eigenvalue weighted by atomic mass is 16.7. The molecule has 0 spiro atoms. The molecular weight excluding hydrogens is 310 g/mol. The van der Waals surface area contributed by atoms with Crippen LogP contribution in [0.15, 0.2) is 24.5 Å². The maximum absolute atomic E-state index is 13.0. The van der Waals surface area contributed by atoms with Gasteiger partial charge < -0.3 is 23.7 Å². The van der Waals surface area contributed by atoms with Gasteiger partial charge in [0.2, 0.25) is 6.79 Å². The van der Waals surface area contributed by atoms with Gasteiger partial charge in [0.05, 0.1) is 31.2 Å². The van der Waals surface area contributed by atoms with Crippen molar-refractivity contribution in [3.63, 3.8) is 0 Å². The van der Waals surface area contributed by atoms with Gasteiger partial charge in [-0.05, 0) is 18.2 Å². The number of aromatic nitrogens is 2. The van der Waals surface area contributed by atoms with Gasteiger partial charge in [-0.1, -0.05) is 0 Å². The number of nitrogens with zero attached hydrogens (tertiary/aromatic N) is 3. The number of amides is 1. The number of benzene rings is 1. The molecule has 1 aromatic heterocycles. The number of carbonyl (C=O) groups is 1. The molecule has 2 aliphatic rings. The van der Waals surface area contributed by atoms with Crippen LogP contribution in [0.5, 0.6) is 11.5 Å². The van der Waals surface area contributed by atoms with Gasteiger partial charge in [-0.15, -0.1) is 0 Å². The van der Waals surface area contributed by atoms with E-state index in [2.05, 4.69) is 4.98 Å². The lowest BCUT2D eigenvalue weighted by Gasteiger charge is -2.35. The maximum atomic E-state index is 13.0. The number of methoxy groups -OCH3 is 1. The van der Waals surface area contributed by atoms with Crippen molar-refractivity contribution < 1.29 is 19.0 Å². The van der Waals surface area contributed by atoms with Gasteiger partial charge in [-0.2, -0.15) is 0 Å². The molecular formula is C17H19N3O4. The van der Waals surface area contributed by atoms with E-state index in [1.165, 1.54) is 0 Å². The van der Waals surface area contributed by atoms with Crippen LogP contribution in [-0.4, -0.2) is 46.9 Å². The maximum Gasteiger partial charge on any atom is 0.254 e. The summed E-state index contributed by atoms with van der Waals surface area (Å²) in [5.74, 6) is 1.23. The Morgan fingerprint density at radius 1 is 1.38 bits per heavy atom. The summed E-state index contributed by atoms with van der Waals surface area (Å²) in [5, 5.41) is 0. The van der Waals surface area contributed by atoms with E-state index >= 15 is 0 Å². The van der Waals surface area contributed by atoms with Gasteiger partial charge in [0, 0.05) is 31.8 Å². The van der Waals surface area contributed by atoms with Crippen LogP contribution >= 0.6 is 0 Å². The lowest BCUT2D eigenvalue weighted by atomic mass is 10.0. The Morgan fingerprint density at radius 2 is 2.21 bits per heavy atom. The molecule has 2 aliphatic heterocycles. The number of hydrogen-bond donors (Lipinski definition) is 0.